The predicted octanol–water partition coefficient (Wildman–Crippen LogP) is 6.68. The zero-order valence-electron chi connectivity index (χ0n) is 28.1. The molecule has 4 aromatic carbocycles. The van der Waals surface area contributed by atoms with Gasteiger partial charge < -0.3 is 45.4 Å². The van der Waals surface area contributed by atoms with Gasteiger partial charge in [-0.2, -0.15) is 0 Å². The lowest BCUT2D eigenvalue weighted by molar-refractivity contribution is 0.101. The summed E-state index contributed by atoms with van der Waals surface area (Å²) in [5, 5.41) is 72.8. The fourth-order valence-electron chi connectivity index (χ4n) is 8.12. The third-order valence-electron chi connectivity index (χ3n) is 11.4. The van der Waals surface area contributed by atoms with Crippen LogP contribution in [-0.2, 0) is 10.8 Å². The largest absolute Gasteiger partial charge is 0.507 e. The van der Waals surface area contributed by atoms with E-state index in [9.17, 15) is 40.2 Å². The fraction of sp³-hybridized carbons (Fsp3) is 0.316. The summed E-state index contributed by atoms with van der Waals surface area (Å²) in [5.41, 5.74) is -1.71. The minimum atomic E-state index is -0.922. The molecule has 0 radical (unpaired) electrons. The molecule has 252 valence electrons. The fourth-order valence-corrected chi connectivity index (χ4v) is 8.12. The summed E-state index contributed by atoms with van der Waals surface area (Å²) in [6.07, 6.45) is -0.792. The highest BCUT2D eigenvalue weighted by atomic mass is 16.5. The summed E-state index contributed by atoms with van der Waals surface area (Å²) in [6, 6.07) is 2.82. The second kappa shape index (κ2) is 9.10. The van der Waals surface area contributed by atoms with Crippen LogP contribution in [0.4, 0.5) is 0 Å². The second-order valence-electron chi connectivity index (χ2n) is 14.7. The van der Waals surface area contributed by atoms with Crippen molar-refractivity contribution in [3.8, 4) is 34.5 Å². The third kappa shape index (κ3) is 3.42. The zero-order valence-corrected chi connectivity index (χ0v) is 28.1. The lowest BCUT2D eigenvalue weighted by Crippen LogP contribution is -2.32. The summed E-state index contributed by atoms with van der Waals surface area (Å²) < 4.78 is 12.4. The summed E-state index contributed by atoms with van der Waals surface area (Å²) in [6.45, 7) is 14.6. The molecule has 0 amide bonds. The molecule has 2 aliphatic carbocycles. The summed E-state index contributed by atoms with van der Waals surface area (Å²) >= 11 is 0. The number of carbonyl (C=O) groups is 2. The number of aliphatic hydroxyl groups excluding tert-OH is 2. The first-order valence-corrected chi connectivity index (χ1v) is 16.0. The number of ketones is 2. The van der Waals surface area contributed by atoms with E-state index < -0.39 is 80.5 Å². The van der Waals surface area contributed by atoms with Gasteiger partial charge in [0.15, 0.2) is 11.5 Å². The van der Waals surface area contributed by atoms with Gasteiger partial charge in [-0.3, -0.25) is 9.59 Å². The number of ether oxygens (including phenoxy) is 2. The molecule has 0 saturated carbocycles. The van der Waals surface area contributed by atoms with Crippen LogP contribution in [0.25, 0.3) is 33.1 Å². The van der Waals surface area contributed by atoms with E-state index in [1.165, 1.54) is 12.1 Å². The molecule has 7 N–H and O–H groups in total. The Balaban J connectivity index is 1.39. The van der Waals surface area contributed by atoms with Gasteiger partial charge in [-0.15, -0.1) is 0 Å². The number of hydrogen-bond acceptors (Lipinski definition) is 11. The Bertz CT molecular complexity index is 2240. The maximum absolute atomic E-state index is 14.4. The number of rotatable bonds is 2. The number of aryl methyl sites for hydroxylation is 2. The molecule has 8 rings (SSSR count). The van der Waals surface area contributed by atoms with Crippen molar-refractivity contribution in [1.29, 1.82) is 0 Å². The number of phenolic OH excluding ortho intramolecular Hbond substituents is 4. The zero-order chi connectivity index (χ0) is 35.5. The van der Waals surface area contributed by atoms with E-state index in [1.807, 2.05) is 41.5 Å². The molecule has 0 aromatic heterocycles. The lowest BCUT2D eigenvalue weighted by atomic mass is 9.76. The minimum Gasteiger partial charge on any atom is -0.507 e. The van der Waals surface area contributed by atoms with Crippen LogP contribution >= 0.6 is 0 Å². The van der Waals surface area contributed by atoms with Crippen LogP contribution in [0.5, 0.6) is 34.5 Å². The van der Waals surface area contributed by atoms with Crippen molar-refractivity contribution in [1.82, 2.24) is 5.32 Å². The van der Waals surface area contributed by atoms with E-state index in [0.717, 1.165) is 0 Å². The first kappa shape index (κ1) is 30.7. The van der Waals surface area contributed by atoms with Crippen molar-refractivity contribution in [2.24, 2.45) is 0 Å². The molecule has 4 aromatic rings. The summed E-state index contributed by atoms with van der Waals surface area (Å²) in [5.74, 6) is -4.27. The van der Waals surface area contributed by atoms with Crippen molar-refractivity contribution in [2.75, 3.05) is 0 Å². The summed E-state index contributed by atoms with van der Waals surface area (Å²) in [4.78, 5) is 28.9. The van der Waals surface area contributed by atoms with E-state index in [1.54, 1.807) is 13.8 Å². The Kier molecular flexibility index (Phi) is 5.71. The van der Waals surface area contributed by atoms with Gasteiger partial charge in [-0.1, -0.05) is 27.7 Å². The van der Waals surface area contributed by atoms with Crippen molar-refractivity contribution in [3.05, 3.63) is 68.0 Å². The highest BCUT2D eigenvalue weighted by Gasteiger charge is 2.49. The van der Waals surface area contributed by atoms with Crippen LogP contribution < -0.4 is 14.8 Å². The smallest absolute Gasteiger partial charge is 0.217 e. The highest BCUT2D eigenvalue weighted by molar-refractivity contribution is 6.30. The van der Waals surface area contributed by atoms with E-state index in [4.69, 9.17) is 9.47 Å². The Hall–Kier alpha value is -5.58. The molecule has 2 aliphatic heterocycles. The molecule has 0 spiro atoms. The molecule has 0 saturated heterocycles. The van der Waals surface area contributed by atoms with Crippen LogP contribution in [0.2, 0.25) is 0 Å². The van der Waals surface area contributed by atoms with Crippen LogP contribution in [-0.4, -0.2) is 54.4 Å². The number of aliphatic hydroxyl groups is 2. The van der Waals surface area contributed by atoms with Gasteiger partial charge in [0.1, 0.15) is 58.1 Å². The minimum absolute atomic E-state index is 0.0765. The van der Waals surface area contributed by atoms with E-state index >= 15 is 0 Å². The number of nitrogens with one attached hydrogen (secondary N) is 1. The van der Waals surface area contributed by atoms with Gasteiger partial charge in [0.05, 0.1) is 22.3 Å². The first-order valence-electron chi connectivity index (χ1n) is 16.0. The van der Waals surface area contributed by atoms with E-state index in [0.29, 0.717) is 44.5 Å². The second-order valence-corrected chi connectivity index (χ2v) is 14.7. The average Bonchev–Trinajstić information content (AvgIpc) is 3.37. The topological polar surface area (TPSA) is 186 Å². The monoisotopic (exact) mass is 665 g/mol. The van der Waals surface area contributed by atoms with Gasteiger partial charge in [0.25, 0.3) is 0 Å². The van der Waals surface area contributed by atoms with E-state index in [2.05, 4.69) is 5.32 Å². The molecule has 2 heterocycles. The van der Waals surface area contributed by atoms with Crippen LogP contribution in [0.15, 0.2) is 23.5 Å². The first-order chi connectivity index (χ1) is 22.8. The molecule has 4 aliphatic rings. The molecular formula is C38H35NO10. The average molecular weight is 666 g/mol. The van der Waals surface area contributed by atoms with Gasteiger partial charge in [-0.25, -0.2) is 0 Å². The molecule has 11 nitrogen and oxygen atoms in total. The van der Waals surface area contributed by atoms with Crippen molar-refractivity contribution in [3.63, 3.8) is 0 Å². The SMILES string of the molecule is Cc1cc(O)c2c3c(c(O)c4c(c13)O[C@H](C)C4(C)C)C(=O)C(NC1=C(O)c3c(O)cc(C)c4c5c(c(O)c(c34)C1=O)C(C)(C)[C@@H](C)O5)=C2O. The van der Waals surface area contributed by atoms with Crippen LogP contribution in [0, 0.1) is 13.8 Å². The third-order valence-corrected chi connectivity index (χ3v) is 11.4. The van der Waals surface area contributed by atoms with Crippen molar-refractivity contribution < 1.29 is 49.7 Å². The molecule has 0 fully saturated rings. The standard InChI is InChI=1S/C38H35NO10/c1-11-9-15(40)19-21-17(11)35-25(37(5,6)13(3)48-35)29(42)23(21)33(46)27(31(19)44)39-28-32(45)20-16(41)10-12(2)18-22(20)24(34(28)47)30(43)26-36(18)49-14(4)38(26,7)8/h9-10,13-14,39-45H,1-8H3/t13-,14-/m1/s1. The maximum atomic E-state index is 14.4. The molecule has 11 heteroatoms. The van der Waals surface area contributed by atoms with Gasteiger partial charge in [0.2, 0.25) is 11.6 Å². The number of hydrogen-bond donors (Lipinski definition) is 7. The van der Waals surface area contributed by atoms with E-state index in [-0.39, 0.29) is 33.0 Å². The maximum Gasteiger partial charge on any atom is 0.217 e. The molecule has 49 heavy (non-hydrogen) atoms. The highest BCUT2D eigenvalue weighted by Crippen LogP contribution is 2.59. The predicted molar refractivity (Wildman–Crippen MR) is 181 cm³/mol. The summed E-state index contributed by atoms with van der Waals surface area (Å²) in [7, 11) is 0. The number of carbonyl (C=O) groups excluding carboxylic acids is 2. The number of benzene rings is 4. The Morgan fingerprint density at radius 1 is 0.592 bits per heavy atom. The molecule has 0 unspecified atom stereocenters. The molecule has 2 atom stereocenters. The van der Waals surface area contributed by atoms with Crippen molar-refractivity contribution in [2.45, 2.75) is 78.4 Å². The number of Topliss-reactive ketones (excluding diaryl/α,β-unsaturated/α-hetero) is 2. The lowest BCUT2D eigenvalue weighted by Gasteiger charge is -2.29. The number of fused-ring (bicyclic) bond motifs is 4. The molecular weight excluding hydrogens is 630 g/mol. The Morgan fingerprint density at radius 3 is 1.29 bits per heavy atom. The molecule has 0 bridgehead atoms. The van der Waals surface area contributed by atoms with Gasteiger partial charge >= 0.3 is 0 Å². The van der Waals surface area contributed by atoms with Crippen molar-refractivity contribution >= 4 is 44.6 Å². The number of aromatic hydroxyl groups is 4. The Labute approximate surface area is 280 Å². The van der Waals surface area contributed by atoms with Gasteiger partial charge in [0, 0.05) is 43.5 Å². The van der Waals surface area contributed by atoms with Crippen LogP contribution in [0.1, 0.15) is 95.6 Å². The Morgan fingerprint density at radius 2 is 0.939 bits per heavy atom. The van der Waals surface area contributed by atoms with Gasteiger partial charge in [-0.05, 0) is 51.0 Å². The normalized spacial score (nSPS) is 21.3. The number of allylic oxidation sites excluding steroid dienone is 2. The number of phenols is 4. The quantitative estimate of drug-likeness (QED) is 0.121. The van der Waals surface area contributed by atoms with Crippen LogP contribution in [0.3, 0.4) is 0 Å².